The summed E-state index contributed by atoms with van der Waals surface area (Å²) >= 11 is 0. The van der Waals surface area contributed by atoms with E-state index in [0.717, 1.165) is 6.42 Å². The molecule has 0 spiro atoms. The molecule has 0 heterocycles. The molecule has 35 valence electrons. The minimum Gasteiger partial charge on any atom is -0.393 e. The van der Waals surface area contributed by atoms with Crippen molar-refractivity contribution in [2.75, 3.05) is 0 Å². The van der Waals surface area contributed by atoms with Crippen molar-refractivity contribution in [1.29, 1.82) is 0 Å². The molecule has 1 radical (unpaired) electrons. The second-order valence-corrected chi connectivity index (χ2v) is 1.94. The summed E-state index contributed by atoms with van der Waals surface area (Å²) < 4.78 is 0. The molecule has 0 aromatic heterocycles. The van der Waals surface area contributed by atoms with Crippen molar-refractivity contribution < 1.29 is 5.11 Å². The van der Waals surface area contributed by atoms with Gasteiger partial charge in [-0.05, 0) is 18.8 Å². The van der Waals surface area contributed by atoms with E-state index in [1.54, 1.807) is 0 Å². The standard InChI is InChI=1S/C5H9O/c1-4-2-3-5(4)6/h3-6H,2H2,1H3. The average Bonchev–Trinajstić information content (AvgIpc) is 1.61. The summed E-state index contributed by atoms with van der Waals surface area (Å²) in [5.41, 5.74) is 0. The second kappa shape index (κ2) is 1.23. The Morgan fingerprint density at radius 3 is 2.33 bits per heavy atom. The monoisotopic (exact) mass is 85.1 g/mol. The molecule has 1 aliphatic rings. The van der Waals surface area contributed by atoms with Crippen LogP contribution in [-0.4, -0.2) is 11.2 Å². The Morgan fingerprint density at radius 2 is 2.33 bits per heavy atom. The fourth-order valence-corrected chi connectivity index (χ4v) is 0.530. The van der Waals surface area contributed by atoms with E-state index in [1.807, 2.05) is 13.3 Å². The van der Waals surface area contributed by atoms with E-state index < -0.39 is 0 Å². The van der Waals surface area contributed by atoms with Crippen LogP contribution in [0, 0.1) is 12.3 Å². The highest BCUT2D eigenvalue weighted by Gasteiger charge is 2.23. The van der Waals surface area contributed by atoms with E-state index >= 15 is 0 Å². The molecule has 1 aliphatic carbocycles. The van der Waals surface area contributed by atoms with Crippen LogP contribution in [0.15, 0.2) is 0 Å². The van der Waals surface area contributed by atoms with Crippen molar-refractivity contribution in [2.45, 2.75) is 19.4 Å². The van der Waals surface area contributed by atoms with Crippen LogP contribution < -0.4 is 0 Å². The minimum atomic E-state index is -0.0926. The smallest absolute Gasteiger partial charge is 0.0597 e. The van der Waals surface area contributed by atoms with Crippen molar-refractivity contribution in [3.63, 3.8) is 0 Å². The summed E-state index contributed by atoms with van der Waals surface area (Å²) in [6.45, 7) is 2.05. The molecule has 2 atom stereocenters. The maximum absolute atomic E-state index is 8.66. The molecule has 1 nitrogen and oxygen atoms in total. The summed E-state index contributed by atoms with van der Waals surface area (Å²) in [5, 5.41) is 8.66. The molecule has 0 amide bonds. The molecule has 1 fully saturated rings. The van der Waals surface area contributed by atoms with Gasteiger partial charge in [-0.1, -0.05) is 6.92 Å². The van der Waals surface area contributed by atoms with Gasteiger partial charge in [-0.15, -0.1) is 0 Å². The third-order valence-electron chi connectivity index (χ3n) is 1.33. The molecule has 0 aromatic carbocycles. The number of aliphatic hydroxyl groups excluding tert-OH is 1. The summed E-state index contributed by atoms with van der Waals surface area (Å²) in [6.07, 6.45) is 2.93. The Labute approximate surface area is 38.0 Å². The van der Waals surface area contributed by atoms with Crippen LogP contribution >= 0.6 is 0 Å². The lowest BCUT2D eigenvalue weighted by Gasteiger charge is -2.27. The Balaban J connectivity index is 2.20. The number of rotatable bonds is 0. The van der Waals surface area contributed by atoms with Gasteiger partial charge in [0.05, 0.1) is 6.10 Å². The fourth-order valence-electron chi connectivity index (χ4n) is 0.530. The normalized spacial score (nSPS) is 45.0. The molecular weight excluding hydrogens is 76.1 g/mol. The van der Waals surface area contributed by atoms with Crippen molar-refractivity contribution in [3.8, 4) is 0 Å². The molecule has 0 aliphatic heterocycles. The molecule has 0 bridgehead atoms. The predicted octanol–water partition coefficient (Wildman–Crippen LogP) is 0.591. The summed E-state index contributed by atoms with van der Waals surface area (Å²) in [6, 6.07) is 0. The van der Waals surface area contributed by atoms with Crippen molar-refractivity contribution in [2.24, 2.45) is 5.92 Å². The van der Waals surface area contributed by atoms with Crippen LogP contribution in [-0.2, 0) is 0 Å². The van der Waals surface area contributed by atoms with Crippen molar-refractivity contribution >= 4 is 0 Å². The first-order valence-electron chi connectivity index (χ1n) is 2.32. The molecular formula is C5H9O. The summed E-state index contributed by atoms with van der Waals surface area (Å²) in [7, 11) is 0. The average molecular weight is 85.1 g/mol. The lowest BCUT2D eigenvalue weighted by molar-refractivity contribution is 0.0908. The predicted molar refractivity (Wildman–Crippen MR) is 24.1 cm³/mol. The Hall–Kier alpha value is -0.0400. The zero-order valence-electron chi connectivity index (χ0n) is 3.89. The zero-order valence-corrected chi connectivity index (χ0v) is 3.89. The molecule has 1 heteroatoms. The van der Waals surface area contributed by atoms with Gasteiger partial charge in [0.15, 0.2) is 0 Å². The summed E-state index contributed by atoms with van der Waals surface area (Å²) in [5.74, 6) is 0.532. The van der Waals surface area contributed by atoms with E-state index in [0.29, 0.717) is 5.92 Å². The first-order chi connectivity index (χ1) is 2.80. The third-order valence-corrected chi connectivity index (χ3v) is 1.33. The number of hydrogen-bond donors (Lipinski definition) is 1. The Morgan fingerprint density at radius 1 is 1.83 bits per heavy atom. The van der Waals surface area contributed by atoms with Gasteiger partial charge in [0.25, 0.3) is 0 Å². The SMILES string of the molecule is CC1C[CH]C1O. The van der Waals surface area contributed by atoms with Gasteiger partial charge in [-0.2, -0.15) is 0 Å². The fraction of sp³-hybridized carbons (Fsp3) is 0.800. The van der Waals surface area contributed by atoms with Gasteiger partial charge in [0.1, 0.15) is 0 Å². The first-order valence-corrected chi connectivity index (χ1v) is 2.32. The number of hydrogen-bond acceptors (Lipinski definition) is 1. The third kappa shape index (κ3) is 0.432. The lowest BCUT2D eigenvalue weighted by Crippen LogP contribution is -2.28. The first kappa shape index (κ1) is 4.13. The number of aliphatic hydroxyl groups is 1. The highest BCUT2D eigenvalue weighted by Crippen LogP contribution is 2.24. The molecule has 6 heavy (non-hydrogen) atoms. The van der Waals surface area contributed by atoms with E-state index in [9.17, 15) is 0 Å². The largest absolute Gasteiger partial charge is 0.393 e. The van der Waals surface area contributed by atoms with Crippen molar-refractivity contribution in [1.82, 2.24) is 0 Å². The zero-order chi connectivity index (χ0) is 4.57. The van der Waals surface area contributed by atoms with Gasteiger partial charge in [0.2, 0.25) is 0 Å². The van der Waals surface area contributed by atoms with E-state index in [1.165, 1.54) is 0 Å². The van der Waals surface area contributed by atoms with Gasteiger partial charge >= 0.3 is 0 Å². The Bertz CT molecular complexity index is 43.9. The Kier molecular flexibility index (Phi) is 0.845. The van der Waals surface area contributed by atoms with E-state index in [2.05, 4.69) is 0 Å². The molecule has 1 rings (SSSR count). The highest BCUT2D eigenvalue weighted by molar-refractivity contribution is 4.92. The van der Waals surface area contributed by atoms with Gasteiger partial charge in [-0.3, -0.25) is 0 Å². The highest BCUT2D eigenvalue weighted by atomic mass is 16.3. The lowest BCUT2D eigenvalue weighted by atomic mass is 9.84. The topological polar surface area (TPSA) is 20.2 Å². The minimum absolute atomic E-state index is 0.0926. The van der Waals surface area contributed by atoms with Crippen molar-refractivity contribution in [3.05, 3.63) is 6.42 Å². The molecule has 1 saturated carbocycles. The van der Waals surface area contributed by atoms with Gasteiger partial charge in [-0.25, -0.2) is 0 Å². The molecule has 0 aromatic rings. The van der Waals surface area contributed by atoms with Crippen LogP contribution in [0.25, 0.3) is 0 Å². The van der Waals surface area contributed by atoms with Gasteiger partial charge in [0, 0.05) is 0 Å². The van der Waals surface area contributed by atoms with Crippen LogP contribution in [0.4, 0.5) is 0 Å². The van der Waals surface area contributed by atoms with E-state index in [-0.39, 0.29) is 6.10 Å². The maximum atomic E-state index is 8.66. The molecule has 1 N–H and O–H groups in total. The van der Waals surface area contributed by atoms with Crippen LogP contribution in [0.3, 0.4) is 0 Å². The van der Waals surface area contributed by atoms with Gasteiger partial charge < -0.3 is 5.11 Å². The second-order valence-electron chi connectivity index (χ2n) is 1.94. The maximum Gasteiger partial charge on any atom is 0.0597 e. The van der Waals surface area contributed by atoms with Crippen LogP contribution in [0.5, 0.6) is 0 Å². The van der Waals surface area contributed by atoms with E-state index in [4.69, 9.17) is 5.11 Å². The molecule has 2 unspecified atom stereocenters. The summed E-state index contributed by atoms with van der Waals surface area (Å²) in [4.78, 5) is 0. The van der Waals surface area contributed by atoms with Crippen LogP contribution in [0.1, 0.15) is 13.3 Å². The quantitative estimate of drug-likeness (QED) is 0.456. The van der Waals surface area contributed by atoms with Crippen LogP contribution in [0.2, 0.25) is 0 Å². The molecule has 0 saturated heterocycles.